The zero-order valence-electron chi connectivity index (χ0n) is 14.3. The summed E-state index contributed by atoms with van der Waals surface area (Å²) in [5, 5.41) is 0. The van der Waals surface area contributed by atoms with Crippen LogP contribution >= 0.6 is 0 Å². The summed E-state index contributed by atoms with van der Waals surface area (Å²) in [6.45, 7) is 4.97. The van der Waals surface area contributed by atoms with Crippen LogP contribution in [0, 0.1) is 6.92 Å². The molecule has 0 saturated carbocycles. The Morgan fingerprint density at radius 3 is 2.50 bits per heavy atom. The third kappa shape index (κ3) is 5.19. The number of carbonyl (C=O) groups excluding carboxylic acids is 1. The summed E-state index contributed by atoms with van der Waals surface area (Å²) in [7, 11) is 1.68. The van der Waals surface area contributed by atoms with Gasteiger partial charge in [-0.25, -0.2) is 4.79 Å². The van der Waals surface area contributed by atoms with Gasteiger partial charge in [-0.1, -0.05) is 18.2 Å². The fraction of sp³-hybridized carbons (Fsp3) is 0.316. The molecule has 1 amide bonds. The van der Waals surface area contributed by atoms with Gasteiger partial charge < -0.3 is 19.1 Å². The molecule has 128 valence electrons. The van der Waals surface area contributed by atoms with E-state index in [2.05, 4.69) is 0 Å². The molecule has 0 aliphatic rings. The van der Waals surface area contributed by atoms with Gasteiger partial charge in [-0.05, 0) is 49.7 Å². The first-order valence-electron chi connectivity index (χ1n) is 7.94. The number of nitrogens with zero attached hydrogens (tertiary/aromatic N) is 1. The Bertz CT molecular complexity index is 658. The van der Waals surface area contributed by atoms with Gasteiger partial charge in [-0.3, -0.25) is 0 Å². The number of aryl methyl sites for hydroxylation is 1. The molecule has 0 atom stereocenters. The van der Waals surface area contributed by atoms with Crippen molar-refractivity contribution in [2.24, 2.45) is 0 Å². The summed E-state index contributed by atoms with van der Waals surface area (Å²) in [6, 6.07) is 15.3. The molecule has 0 aromatic heterocycles. The molecule has 0 unspecified atom stereocenters. The normalized spacial score (nSPS) is 10.1. The van der Waals surface area contributed by atoms with Crippen LogP contribution in [0.3, 0.4) is 0 Å². The molecule has 0 spiro atoms. The summed E-state index contributed by atoms with van der Waals surface area (Å²) in [4.78, 5) is 13.0. The number of hydrogen-bond acceptors (Lipinski definition) is 4. The molecule has 0 bridgehead atoms. The topological polar surface area (TPSA) is 48.0 Å². The first kappa shape index (κ1) is 17.7. The molecule has 0 aliphatic heterocycles. The second-order valence-electron chi connectivity index (χ2n) is 5.31. The smallest absolute Gasteiger partial charge is 0.409 e. The molecule has 2 rings (SSSR count). The second-order valence-corrected chi connectivity index (χ2v) is 5.31. The Kier molecular flexibility index (Phi) is 6.49. The van der Waals surface area contributed by atoms with Crippen molar-refractivity contribution in [3.63, 3.8) is 0 Å². The van der Waals surface area contributed by atoms with Crippen LogP contribution in [0.1, 0.15) is 12.5 Å². The van der Waals surface area contributed by atoms with E-state index in [1.807, 2.05) is 55.5 Å². The van der Waals surface area contributed by atoms with Crippen LogP contribution in [0.15, 0.2) is 48.5 Å². The molecule has 2 aromatic rings. The van der Waals surface area contributed by atoms with Crippen LogP contribution in [-0.2, 0) is 4.74 Å². The minimum atomic E-state index is -0.344. The van der Waals surface area contributed by atoms with E-state index in [0.717, 1.165) is 22.8 Å². The first-order valence-corrected chi connectivity index (χ1v) is 7.94. The molecule has 0 aliphatic carbocycles. The minimum Gasteiger partial charge on any atom is -0.492 e. The average molecular weight is 329 g/mol. The number of carbonyl (C=O) groups is 1. The van der Waals surface area contributed by atoms with Gasteiger partial charge in [-0.2, -0.15) is 0 Å². The highest BCUT2D eigenvalue weighted by Crippen LogP contribution is 2.27. The van der Waals surface area contributed by atoms with Crippen molar-refractivity contribution in [2.45, 2.75) is 13.8 Å². The maximum Gasteiger partial charge on any atom is 0.409 e. The molecule has 0 radical (unpaired) electrons. The zero-order chi connectivity index (χ0) is 17.4. The van der Waals surface area contributed by atoms with Gasteiger partial charge in [-0.15, -0.1) is 0 Å². The Labute approximate surface area is 142 Å². The van der Waals surface area contributed by atoms with E-state index in [0.29, 0.717) is 19.8 Å². The lowest BCUT2D eigenvalue weighted by atomic mass is 10.2. The number of hydrogen-bond donors (Lipinski definition) is 0. The maximum atomic E-state index is 11.5. The molecule has 5 nitrogen and oxygen atoms in total. The third-order valence-electron chi connectivity index (χ3n) is 3.39. The average Bonchev–Trinajstić information content (AvgIpc) is 2.58. The number of likely N-dealkylation sites (N-methyl/N-ethyl adjacent to an activating group) is 1. The van der Waals surface area contributed by atoms with Crippen LogP contribution < -0.4 is 9.47 Å². The lowest BCUT2D eigenvalue weighted by Gasteiger charge is -2.17. The van der Waals surface area contributed by atoms with E-state index in [9.17, 15) is 4.79 Å². The predicted molar refractivity (Wildman–Crippen MR) is 92.8 cm³/mol. The van der Waals surface area contributed by atoms with Crippen LogP contribution in [0.4, 0.5) is 4.79 Å². The minimum absolute atomic E-state index is 0.344. The van der Waals surface area contributed by atoms with E-state index >= 15 is 0 Å². The quantitative estimate of drug-likeness (QED) is 0.762. The first-order chi connectivity index (χ1) is 11.6. The molecule has 0 fully saturated rings. The molecule has 0 N–H and O–H groups in total. The number of benzene rings is 2. The van der Waals surface area contributed by atoms with E-state index < -0.39 is 0 Å². The van der Waals surface area contributed by atoms with E-state index in [-0.39, 0.29) is 6.09 Å². The summed E-state index contributed by atoms with van der Waals surface area (Å²) in [6.07, 6.45) is -0.344. The van der Waals surface area contributed by atoms with Gasteiger partial charge in [0, 0.05) is 7.05 Å². The summed E-state index contributed by atoms with van der Waals surface area (Å²) in [5.74, 6) is 2.33. The van der Waals surface area contributed by atoms with Crippen molar-refractivity contribution in [1.29, 1.82) is 0 Å². The third-order valence-corrected chi connectivity index (χ3v) is 3.39. The monoisotopic (exact) mass is 329 g/mol. The van der Waals surface area contributed by atoms with Crippen molar-refractivity contribution in [1.82, 2.24) is 4.90 Å². The lowest BCUT2D eigenvalue weighted by molar-refractivity contribution is 0.110. The molecule has 5 heteroatoms. The van der Waals surface area contributed by atoms with Gasteiger partial charge in [0.2, 0.25) is 0 Å². The zero-order valence-corrected chi connectivity index (χ0v) is 14.3. The Morgan fingerprint density at radius 1 is 1.08 bits per heavy atom. The highest BCUT2D eigenvalue weighted by molar-refractivity contribution is 5.67. The maximum absolute atomic E-state index is 11.5. The van der Waals surface area contributed by atoms with Gasteiger partial charge >= 0.3 is 6.09 Å². The number of rotatable bonds is 7. The highest BCUT2D eigenvalue weighted by atomic mass is 16.6. The molecular formula is C19H23NO4. The Hall–Kier alpha value is -2.69. The molecule has 0 heterocycles. The van der Waals surface area contributed by atoms with Crippen LogP contribution in [0.25, 0.3) is 0 Å². The summed E-state index contributed by atoms with van der Waals surface area (Å²) in [5.41, 5.74) is 0.982. The van der Waals surface area contributed by atoms with Gasteiger partial charge in [0.25, 0.3) is 0 Å². The van der Waals surface area contributed by atoms with E-state index in [1.54, 1.807) is 14.0 Å². The molecule has 0 saturated heterocycles. The van der Waals surface area contributed by atoms with Crippen LogP contribution in [-0.4, -0.2) is 37.8 Å². The number of para-hydroxylation sites is 1. The second kappa shape index (κ2) is 8.82. The van der Waals surface area contributed by atoms with Crippen molar-refractivity contribution in [2.75, 3.05) is 26.8 Å². The predicted octanol–water partition coefficient (Wildman–Crippen LogP) is 4.25. The lowest BCUT2D eigenvalue weighted by Crippen LogP contribution is -2.31. The SMILES string of the molecule is CCOC(=O)N(C)CCOc1ccc(Oc2ccccc2)c(C)c1. The number of ether oxygens (including phenoxy) is 3. The van der Waals surface area contributed by atoms with Crippen molar-refractivity contribution in [3.8, 4) is 17.2 Å². The fourth-order valence-electron chi connectivity index (χ4n) is 2.07. The van der Waals surface area contributed by atoms with Crippen LogP contribution in [0.5, 0.6) is 17.2 Å². The summed E-state index contributed by atoms with van der Waals surface area (Å²) < 4.78 is 16.4. The van der Waals surface area contributed by atoms with E-state index in [4.69, 9.17) is 14.2 Å². The largest absolute Gasteiger partial charge is 0.492 e. The van der Waals surface area contributed by atoms with Gasteiger partial charge in [0.05, 0.1) is 13.2 Å². The molecule has 2 aromatic carbocycles. The standard InChI is InChI=1S/C19H23NO4/c1-4-22-19(21)20(3)12-13-23-17-10-11-18(15(2)14-17)24-16-8-6-5-7-9-16/h5-11,14H,4,12-13H2,1-3H3. The van der Waals surface area contributed by atoms with Crippen LogP contribution in [0.2, 0.25) is 0 Å². The van der Waals surface area contributed by atoms with Gasteiger partial charge in [0.1, 0.15) is 23.9 Å². The van der Waals surface area contributed by atoms with E-state index in [1.165, 1.54) is 4.90 Å². The van der Waals surface area contributed by atoms with Crippen molar-refractivity contribution in [3.05, 3.63) is 54.1 Å². The van der Waals surface area contributed by atoms with Crippen molar-refractivity contribution >= 4 is 6.09 Å². The van der Waals surface area contributed by atoms with Gasteiger partial charge in [0.15, 0.2) is 0 Å². The highest BCUT2D eigenvalue weighted by Gasteiger charge is 2.09. The van der Waals surface area contributed by atoms with Crippen molar-refractivity contribution < 1.29 is 19.0 Å². The fourth-order valence-corrected chi connectivity index (χ4v) is 2.07. The molecular weight excluding hydrogens is 306 g/mol. The molecule has 24 heavy (non-hydrogen) atoms. The Balaban J connectivity index is 1.87. The Morgan fingerprint density at radius 2 is 1.83 bits per heavy atom. The summed E-state index contributed by atoms with van der Waals surface area (Å²) >= 11 is 0. The number of amides is 1.